The Hall–Kier alpha value is -2.21. The Bertz CT molecular complexity index is 878. The zero-order valence-electron chi connectivity index (χ0n) is 21.0. The lowest BCUT2D eigenvalue weighted by atomic mass is 10.0. The third-order valence-electron chi connectivity index (χ3n) is 7.62. The van der Waals surface area contributed by atoms with Gasteiger partial charge in [-0.25, -0.2) is 4.79 Å². The van der Waals surface area contributed by atoms with Crippen LogP contribution in [0.15, 0.2) is 30.3 Å². The average Bonchev–Trinajstić information content (AvgIpc) is 3.28. The summed E-state index contributed by atoms with van der Waals surface area (Å²) in [5, 5.41) is 0. The van der Waals surface area contributed by atoms with E-state index in [1.54, 1.807) is 4.90 Å². The number of carbonyl (C=O) groups excluding carboxylic acids is 3. The Morgan fingerprint density at radius 3 is 2.12 bits per heavy atom. The molecular formula is C28H40N2O4. The first-order valence-corrected chi connectivity index (χ1v) is 13.1. The summed E-state index contributed by atoms with van der Waals surface area (Å²) in [6, 6.07) is 11.4. The third kappa shape index (κ3) is 5.88. The molecule has 1 amide bonds. The van der Waals surface area contributed by atoms with Gasteiger partial charge >= 0.3 is 6.09 Å². The van der Waals surface area contributed by atoms with Crippen molar-refractivity contribution in [2.75, 3.05) is 0 Å². The zero-order valence-corrected chi connectivity index (χ0v) is 21.0. The number of rotatable bonds is 2. The molecule has 4 fully saturated rings. The quantitative estimate of drug-likeness (QED) is 0.591. The third-order valence-corrected chi connectivity index (χ3v) is 7.62. The van der Waals surface area contributed by atoms with Crippen LogP contribution >= 0.6 is 0 Å². The van der Waals surface area contributed by atoms with E-state index in [0.29, 0.717) is 18.2 Å². The lowest BCUT2D eigenvalue weighted by Crippen LogP contribution is -2.45. The maximum Gasteiger partial charge on any atom is 0.411 e. The van der Waals surface area contributed by atoms with Gasteiger partial charge in [-0.15, -0.1) is 0 Å². The van der Waals surface area contributed by atoms with Crippen LogP contribution in [0.2, 0.25) is 0 Å². The molecule has 4 bridgehead atoms. The number of fused-ring (bicyclic) bond motifs is 4. The molecule has 6 nitrogen and oxygen atoms in total. The van der Waals surface area contributed by atoms with Gasteiger partial charge in [0.2, 0.25) is 0 Å². The van der Waals surface area contributed by atoms with Crippen molar-refractivity contribution in [1.82, 2.24) is 9.80 Å². The van der Waals surface area contributed by atoms with Gasteiger partial charge in [0.1, 0.15) is 11.4 Å². The highest BCUT2D eigenvalue weighted by molar-refractivity contribution is 5.88. The molecule has 4 aliphatic heterocycles. The van der Waals surface area contributed by atoms with Crippen LogP contribution in [0, 0.1) is 0 Å². The number of hydrogen-bond donors (Lipinski definition) is 0. The summed E-state index contributed by atoms with van der Waals surface area (Å²) < 4.78 is 5.40. The van der Waals surface area contributed by atoms with Gasteiger partial charge in [-0.2, -0.15) is 0 Å². The van der Waals surface area contributed by atoms with E-state index >= 15 is 0 Å². The van der Waals surface area contributed by atoms with Crippen LogP contribution in [0.25, 0.3) is 0 Å². The summed E-state index contributed by atoms with van der Waals surface area (Å²) >= 11 is 0. The van der Waals surface area contributed by atoms with E-state index in [1.165, 1.54) is 18.4 Å². The average molecular weight is 469 g/mol. The summed E-state index contributed by atoms with van der Waals surface area (Å²) in [4.78, 5) is 40.2. The molecule has 4 heterocycles. The Morgan fingerprint density at radius 2 is 1.44 bits per heavy atom. The summed E-state index contributed by atoms with van der Waals surface area (Å²) in [5.74, 6) is 0.678. The van der Waals surface area contributed by atoms with Gasteiger partial charge in [-0.3, -0.25) is 19.4 Å². The van der Waals surface area contributed by atoms with Gasteiger partial charge < -0.3 is 4.74 Å². The van der Waals surface area contributed by atoms with E-state index in [0.717, 1.165) is 51.5 Å². The van der Waals surface area contributed by atoms with Crippen molar-refractivity contribution < 1.29 is 19.1 Å². The number of Topliss-reactive ketones (excluding diaryl/α,β-unsaturated/α-hetero) is 2. The summed E-state index contributed by atoms with van der Waals surface area (Å²) in [6.45, 7) is 6.51. The van der Waals surface area contributed by atoms with Gasteiger partial charge in [-0.1, -0.05) is 30.3 Å². The molecule has 1 aromatic carbocycles. The van der Waals surface area contributed by atoms with Crippen molar-refractivity contribution >= 4 is 17.7 Å². The van der Waals surface area contributed by atoms with Gasteiger partial charge in [0, 0.05) is 31.5 Å². The molecule has 0 aromatic heterocycles. The first-order valence-electron chi connectivity index (χ1n) is 13.1. The molecule has 34 heavy (non-hydrogen) atoms. The van der Waals surface area contributed by atoms with Gasteiger partial charge in [0.15, 0.2) is 5.78 Å². The normalized spacial score (nSPS) is 29.2. The first kappa shape index (κ1) is 24.9. The van der Waals surface area contributed by atoms with E-state index in [2.05, 4.69) is 29.2 Å². The van der Waals surface area contributed by atoms with Gasteiger partial charge in [-0.05, 0) is 77.7 Å². The Morgan fingerprint density at radius 1 is 0.853 bits per heavy atom. The van der Waals surface area contributed by atoms with E-state index in [1.807, 2.05) is 26.8 Å². The highest BCUT2D eigenvalue weighted by atomic mass is 16.6. The lowest BCUT2D eigenvalue weighted by Gasteiger charge is -2.30. The number of ketones is 2. The lowest BCUT2D eigenvalue weighted by molar-refractivity contribution is -0.123. The van der Waals surface area contributed by atoms with Crippen LogP contribution in [-0.2, 0) is 20.9 Å². The van der Waals surface area contributed by atoms with Crippen molar-refractivity contribution in [1.29, 1.82) is 0 Å². The topological polar surface area (TPSA) is 66.9 Å². The van der Waals surface area contributed by atoms with Crippen molar-refractivity contribution in [2.45, 2.75) is 121 Å². The highest BCUT2D eigenvalue weighted by Gasteiger charge is 2.44. The zero-order chi connectivity index (χ0) is 24.3. The molecule has 5 rings (SSSR count). The largest absolute Gasteiger partial charge is 0.444 e. The molecule has 0 aliphatic carbocycles. The molecule has 4 atom stereocenters. The van der Waals surface area contributed by atoms with Crippen molar-refractivity contribution in [3.05, 3.63) is 35.9 Å². The fourth-order valence-corrected chi connectivity index (χ4v) is 6.06. The number of benzene rings is 1. The number of ether oxygens (including phenoxy) is 1. The van der Waals surface area contributed by atoms with E-state index in [4.69, 9.17) is 4.74 Å². The van der Waals surface area contributed by atoms with Crippen LogP contribution in [0.1, 0.15) is 90.5 Å². The van der Waals surface area contributed by atoms with Crippen LogP contribution in [0.4, 0.5) is 4.79 Å². The van der Waals surface area contributed by atoms with E-state index in [-0.39, 0.29) is 30.0 Å². The van der Waals surface area contributed by atoms with E-state index in [9.17, 15) is 14.4 Å². The molecule has 0 saturated carbocycles. The van der Waals surface area contributed by atoms with Crippen molar-refractivity contribution in [3.63, 3.8) is 0 Å². The molecule has 2 unspecified atom stereocenters. The fourth-order valence-electron chi connectivity index (χ4n) is 6.06. The van der Waals surface area contributed by atoms with Crippen LogP contribution < -0.4 is 0 Å². The number of nitrogens with zero attached hydrogens (tertiary/aromatic N) is 2. The minimum atomic E-state index is -0.494. The van der Waals surface area contributed by atoms with E-state index < -0.39 is 5.60 Å². The maximum atomic E-state index is 12.1. The predicted molar refractivity (Wildman–Crippen MR) is 131 cm³/mol. The molecule has 4 aliphatic rings. The highest BCUT2D eigenvalue weighted by Crippen LogP contribution is 2.34. The number of hydrogen-bond acceptors (Lipinski definition) is 5. The molecule has 186 valence electrons. The summed E-state index contributed by atoms with van der Waals surface area (Å²) in [7, 11) is 0. The Labute approximate surface area is 204 Å². The van der Waals surface area contributed by atoms with Gasteiger partial charge in [0.25, 0.3) is 0 Å². The molecule has 6 heteroatoms. The molecule has 1 aromatic rings. The fraction of sp³-hybridized carbons (Fsp3) is 0.679. The molecule has 0 spiro atoms. The second-order valence-corrected chi connectivity index (χ2v) is 11.3. The van der Waals surface area contributed by atoms with Crippen molar-refractivity contribution in [2.24, 2.45) is 0 Å². The second kappa shape index (κ2) is 10.6. The SMILES string of the molecule is CC(C)(C)OC(=O)N1C2CC[C@@H]1CCCC2=O.O=C1CCC[C@H]2CCC1N2Cc1ccccc1. The summed E-state index contributed by atoms with van der Waals surface area (Å²) in [6.07, 6.45) is 9.26. The molecule has 4 saturated heterocycles. The van der Waals surface area contributed by atoms with Crippen LogP contribution in [0.5, 0.6) is 0 Å². The Balaban J connectivity index is 0.000000161. The summed E-state index contributed by atoms with van der Waals surface area (Å²) in [5.41, 5.74) is 0.838. The van der Waals surface area contributed by atoms with Gasteiger partial charge in [0.05, 0.1) is 12.1 Å². The number of amides is 1. The standard InChI is InChI=1S/C15H19NO.C13H21NO3/c17-15-8-4-7-13-9-10-14(15)16(13)11-12-5-2-1-3-6-12;1-13(2,3)17-12(16)14-9-5-4-6-11(15)10(14)8-7-9/h1-3,5-6,13-14H,4,7-11H2;9-10H,4-8H2,1-3H3/t13-,14?;9-,10?/m00/s1. The minimum Gasteiger partial charge on any atom is -0.444 e. The van der Waals surface area contributed by atoms with Crippen LogP contribution in [0.3, 0.4) is 0 Å². The number of carbonyl (C=O) groups is 3. The predicted octanol–water partition coefficient (Wildman–Crippen LogP) is 5.28. The maximum absolute atomic E-state index is 12.1. The second-order valence-electron chi connectivity index (χ2n) is 11.3. The minimum absolute atomic E-state index is 0.204. The first-order chi connectivity index (χ1) is 16.2. The van der Waals surface area contributed by atoms with Crippen molar-refractivity contribution in [3.8, 4) is 0 Å². The van der Waals surface area contributed by atoms with Crippen LogP contribution in [-0.4, -0.2) is 57.2 Å². The Kier molecular flexibility index (Phi) is 7.76. The monoisotopic (exact) mass is 468 g/mol. The smallest absolute Gasteiger partial charge is 0.411 e. The molecule has 0 radical (unpaired) electrons. The molecular weight excluding hydrogens is 428 g/mol. The molecule has 0 N–H and O–H groups in total.